The molecule has 1 N–H and O–H groups in total. The summed E-state index contributed by atoms with van der Waals surface area (Å²) in [5.41, 5.74) is 1.11. The van der Waals surface area contributed by atoms with E-state index in [0.717, 1.165) is 5.56 Å². The third kappa shape index (κ3) is 5.87. The van der Waals surface area contributed by atoms with Gasteiger partial charge in [-0.3, -0.25) is 4.79 Å². The molecule has 0 heterocycles. The number of ether oxygens (including phenoxy) is 2. The average molecular weight is 455 g/mol. The Morgan fingerprint density at radius 3 is 2.37 bits per heavy atom. The van der Waals surface area contributed by atoms with E-state index in [1.165, 1.54) is 23.1 Å². The monoisotopic (exact) mass is 454 g/mol. The molecule has 0 atom stereocenters. The molecule has 0 aromatic heterocycles. The number of rotatable bonds is 9. The summed E-state index contributed by atoms with van der Waals surface area (Å²) in [5, 5.41) is 0.196. The fourth-order valence-corrected chi connectivity index (χ4v) is 4.33. The molecule has 0 aliphatic carbocycles. The number of carbonyl (C=O) groups is 1. The fourth-order valence-electron chi connectivity index (χ4n) is 2.85. The first kappa shape index (κ1) is 24.0. The largest absolute Gasteiger partial charge is 0.493 e. The van der Waals surface area contributed by atoms with Gasteiger partial charge in [-0.2, -0.15) is 0 Å². The van der Waals surface area contributed by atoms with Gasteiger partial charge in [0.05, 0.1) is 29.7 Å². The molecular formula is C21H27ClN2O5S. The molecule has 0 saturated carbocycles. The quantitative estimate of drug-likeness (QED) is 0.628. The van der Waals surface area contributed by atoms with Gasteiger partial charge in [-0.15, -0.1) is 0 Å². The Balaban J connectivity index is 2.17. The highest BCUT2D eigenvalue weighted by molar-refractivity contribution is 7.89. The first-order valence-corrected chi connectivity index (χ1v) is 11.2. The van der Waals surface area contributed by atoms with E-state index in [4.69, 9.17) is 21.1 Å². The van der Waals surface area contributed by atoms with Gasteiger partial charge in [-0.25, -0.2) is 13.1 Å². The minimum atomic E-state index is -3.73. The molecule has 30 heavy (non-hydrogen) atoms. The summed E-state index contributed by atoms with van der Waals surface area (Å²) in [6.07, 6.45) is 0.576. The van der Waals surface area contributed by atoms with Crippen molar-refractivity contribution in [1.29, 1.82) is 0 Å². The summed E-state index contributed by atoms with van der Waals surface area (Å²) in [5.74, 6) is 0.884. The van der Waals surface area contributed by atoms with E-state index < -0.39 is 10.0 Å². The van der Waals surface area contributed by atoms with Gasteiger partial charge in [0, 0.05) is 19.6 Å². The van der Waals surface area contributed by atoms with Crippen molar-refractivity contribution in [2.45, 2.75) is 31.2 Å². The third-order valence-electron chi connectivity index (χ3n) is 4.40. The molecule has 2 rings (SSSR count). The van der Waals surface area contributed by atoms with Gasteiger partial charge in [0.25, 0.3) is 5.91 Å². The summed E-state index contributed by atoms with van der Waals surface area (Å²) in [7, 11) is 1.05. The maximum absolute atomic E-state index is 12.9. The molecule has 2 aromatic rings. The number of sulfonamides is 1. The lowest BCUT2D eigenvalue weighted by Gasteiger charge is -2.19. The van der Waals surface area contributed by atoms with Crippen LogP contribution in [0.5, 0.6) is 11.5 Å². The van der Waals surface area contributed by atoms with Crippen molar-refractivity contribution in [3.63, 3.8) is 0 Å². The van der Waals surface area contributed by atoms with Crippen LogP contribution in [0.4, 0.5) is 0 Å². The van der Waals surface area contributed by atoms with Crippen LogP contribution in [0.3, 0.4) is 0 Å². The minimum absolute atomic E-state index is 0.00255. The average Bonchev–Trinajstić information content (AvgIpc) is 2.70. The van der Waals surface area contributed by atoms with Crippen LogP contribution in [-0.2, 0) is 16.4 Å². The molecule has 1 amide bonds. The first-order chi connectivity index (χ1) is 14.1. The van der Waals surface area contributed by atoms with Crippen LogP contribution >= 0.6 is 11.6 Å². The molecule has 0 aliphatic rings. The van der Waals surface area contributed by atoms with Crippen molar-refractivity contribution in [3.8, 4) is 11.5 Å². The second-order valence-corrected chi connectivity index (χ2v) is 9.20. The molecule has 9 heteroatoms. The predicted molar refractivity (Wildman–Crippen MR) is 117 cm³/mol. The smallest absolute Gasteiger partial charge is 0.255 e. The summed E-state index contributed by atoms with van der Waals surface area (Å²) in [4.78, 5) is 14.4. The van der Waals surface area contributed by atoms with Crippen LogP contribution in [0.1, 0.15) is 29.8 Å². The summed E-state index contributed by atoms with van der Waals surface area (Å²) < 4.78 is 37.9. The van der Waals surface area contributed by atoms with Crippen molar-refractivity contribution in [2.24, 2.45) is 0 Å². The molecular weight excluding hydrogens is 428 g/mol. The van der Waals surface area contributed by atoms with Crippen LogP contribution in [0.15, 0.2) is 41.3 Å². The van der Waals surface area contributed by atoms with Gasteiger partial charge in [0.1, 0.15) is 0 Å². The second kappa shape index (κ2) is 10.1. The third-order valence-corrected chi connectivity index (χ3v) is 6.39. The van der Waals surface area contributed by atoms with E-state index in [9.17, 15) is 13.2 Å². The Labute approximate surface area is 183 Å². The van der Waals surface area contributed by atoms with Crippen LogP contribution < -0.4 is 14.2 Å². The Morgan fingerprint density at radius 2 is 1.77 bits per heavy atom. The molecule has 0 saturated heterocycles. The van der Waals surface area contributed by atoms with Crippen LogP contribution in [-0.4, -0.2) is 53.1 Å². The maximum Gasteiger partial charge on any atom is 0.255 e. The lowest BCUT2D eigenvalue weighted by Crippen LogP contribution is -2.31. The molecule has 2 aromatic carbocycles. The van der Waals surface area contributed by atoms with Crippen LogP contribution in [0, 0.1) is 0 Å². The van der Waals surface area contributed by atoms with E-state index in [2.05, 4.69) is 4.72 Å². The van der Waals surface area contributed by atoms with Crippen LogP contribution in [0.2, 0.25) is 5.02 Å². The molecule has 0 spiro atoms. The predicted octanol–water partition coefficient (Wildman–Crippen LogP) is 3.36. The Bertz CT molecular complexity index is 1010. The molecule has 164 valence electrons. The van der Waals surface area contributed by atoms with E-state index >= 15 is 0 Å². The van der Waals surface area contributed by atoms with Crippen molar-refractivity contribution in [3.05, 3.63) is 52.5 Å². The first-order valence-electron chi connectivity index (χ1n) is 9.37. The van der Waals surface area contributed by atoms with Crippen molar-refractivity contribution < 1.29 is 22.7 Å². The highest BCUT2D eigenvalue weighted by Crippen LogP contribution is 2.28. The lowest BCUT2D eigenvalue weighted by molar-refractivity contribution is 0.0796. The van der Waals surface area contributed by atoms with E-state index in [1.807, 2.05) is 18.2 Å². The number of hydrogen-bond acceptors (Lipinski definition) is 5. The highest BCUT2D eigenvalue weighted by Gasteiger charge is 2.21. The molecule has 0 fully saturated rings. The Hall–Kier alpha value is -2.29. The summed E-state index contributed by atoms with van der Waals surface area (Å²) >= 11 is 6.19. The van der Waals surface area contributed by atoms with E-state index in [0.29, 0.717) is 24.5 Å². The molecule has 0 unspecified atom stereocenters. The van der Waals surface area contributed by atoms with Gasteiger partial charge < -0.3 is 14.4 Å². The van der Waals surface area contributed by atoms with Gasteiger partial charge in [-0.05, 0) is 56.2 Å². The summed E-state index contributed by atoms with van der Waals surface area (Å²) in [6.45, 7) is 3.86. The van der Waals surface area contributed by atoms with Gasteiger partial charge in [-0.1, -0.05) is 17.7 Å². The highest BCUT2D eigenvalue weighted by atomic mass is 35.5. The minimum Gasteiger partial charge on any atom is -0.493 e. The van der Waals surface area contributed by atoms with Crippen LogP contribution in [0.25, 0.3) is 0 Å². The standard InChI is InChI=1S/C21H27ClN2O5S/c1-14(2)23-30(26,27)16-7-8-18(22)17(13-16)21(25)24(3)11-10-15-6-9-19(28-4)20(12-15)29-5/h6-9,12-14,23H,10-11H2,1-5H3. The second-order valence-electron chi connectivity index (χ2n) is 7.08. The number of halogens is 1. The van der Waals surface area contributed by atoms with E-state index in [1.54, 1.807) is 35.1 Å². The number of benzene rings is 2. The zero-order chi connectivity index (χ0) is 22.5. The topological polar surface area (TPSA) is 84.9 Å². The number of nitrogens with zero attached hydrogens (tertiary/aromatic N) is 1. The number of nitrogens with one attached hydrogen (secondary N) is 1. The summed E-state index contributed by atoms with van der Waals surface area (Å²) in [6, 6.07) is 9.41. The maximum atomic E-state index is 12.9. The number of hydrogen-bond donors (Lipinski definition) is 1. The Kier molecular flexibility index (Phi) is 8.11. The van der Waals surface area contributed by atoms with Crippen molar-refractivity contribution in [2.75, 3.05) is 27.8 Å². The SMILES string of the molecule is COc1ccc(CCN(C)C(=O)c2cc(S(=O)(=O)NC(C)C)ccc2Cl)cc1OC. The zero-order valence-electron chi connectivity index (χ0n) is 17.7. The Morgan fingerprint density at radius 1 is 1.10 bits per heavy atom. The lowest BCUT2D eigenvalue weighted by atomic mass is 10.1. The number of amides is 1. The number of methoxy groups -OCH3 is 2. The van der Waals surface area contributed by atoms with Crippen molar-refractivity contribution >= 4 is 27.5 Å². The fraction of sp³-hybridized carbons (Fsp3) is 0.381. The molecule has 0 aliphatic heterocycles. The molecule has 7 nitrogen and oxygen atoms in total. The normalized spacial score (nSPS) is 11.4. The molecule has 0 bridgehead atoms. The zero-order valence-corrected chi connectivity index (χ0v) is 19.3. The van der Waals surface area contributed by atoms with Gasteiger partial charge in [0.15, 0.2) is 11.5 Å². The van der Waals surface area contributed by atoms with Gasteiger partial charge >= 0.3 is 0 Å². The molecule has 0 radical (unpaired) electrons. The van der Waals surface area contributed by atoms with E-state index in [-0.39, 0.29) is 27.4 Å². The van der Waals surface area contributed by atoms with Gasteiger partial charge in [0.2, 0.25) is 10.0 Å². The number of carbonyl (C=O) groups excluding carboxylic acids is 1. The van der Waals surface area contributed by atoms with Crippen molar-refractivity contribution in [1.82, 2.24) is 9.62 Å². The number of likely N-dealkylation sites (N-methyl/N-ethyl adjacent to an activating group) is 1.